The smallest absolute Gasteiger partial charge is 0.0733 e. The predicted molar refractivity (Wildman–Crippen MR) is 57.9 cm³/mol. The average molecular weight is 211 g/mol. The van der Waals surface area contributed by atoms with E-state index in [1.165, 1.54) is 32.1 Å². The van der Waals surface area contributed by atoms with Gasteiger partial charge in [-0.25, -0.2) is 0 Å². The minimum absolute atomic E-state index is 0.515. The molecule has 3 unspecified atom stereocenters. The van der Waals surface area contributed by atoms with Crippen LogP contribution in [0.5, 0.6) is 0 Å². The third-order valence-corrected chi connectivity index (χ3v) is 4.05. The molecule has 0 aromatic heterocycles. The lowest BCUT2D eigenvalue weighted by Crippen LogP contribution is -2.52. The number of hydrogen-bond acceptors (Lipinski definition) is 3. The van der Waals surface area contributed by atoms with Gasteiger partial charge in [0, 0.05) is 18.7 Å². The van der Waals surface area contributed by atoms with Crippen LogP contribution < -0.4 is 5.32 Å². The van der Waals surface area contributed by atoms with Crippen molar-refractivity contribution in [3.8, 4) is 0 Å². The minimum atomic E-state index is 0.515. The molecule has 1 N–H and O–H groups in total. The van der Waals surface area contributed by atoms with Crippen molar-refractivity contribution in [2.75, 3.05) is 6.61 Å². The predicted octanol–water partition coefficient (Wildman–Crippen LogP) is 1.46. The van der Waals surface area contributed by atoms with Crippen molar-refractivity contribution in [2.24, 2.45) is 0 Å². The second-order valence-corrected chi connectivity index (χ2v) is 5.13. The maximum Gasteiger partial charge on any atom is 0.0733 e. The first-order valence-corrected chi connectivity index (χ1v) is 6.38. The molecule has 1 saturated carbocycles. The highest BCUT2D eigenvalue weighted by molar-refractivity contribution is 4.98. The van der Waals surface area contributed by atoms with Gasteiger partial charge in [-0.15, -0.1) is 0 Å². The summed E-state index contributed by atoms with van der Waals surface area (Å²) in [4.78, 5) is 0. The molecule has 3 aliphatic rings. The van der Waals surface area contributed by atoms with Crippen LogP contribution in [0.1, 0.15) is 39.0 Å². The van der Waals surface area contributed by atoms with E-state index in [1.807, 2.05) is 0 Å². The molecule has 0 aromatic carbocycles. The van der Waals surface area contributed by atoms with Crippen LogP contribution in [-0.4, -0.2) is 37.0 Å². The SMILES string of the molecule is CCOC1CC(NC2CC3CCC2O3)C1. The Balaban J connectivity index is 1.41. The van der Waals surface area contributed by atoms with E-state index < -0.39 is 0 Å². The Morgan fingerprint density at radius 1 is 1.27 bits per heavy atom. The average Bonchev–Trinajstić information content (AvgIpc) is 2.75. The lowest BCUT2D eigenvalue weighted by molar-refractivity contribution is -0.0147. The second kappa shape index (κ2) is 4.04. The maximum absolute atomic E-state index is 5.83. The number of nitrogens with one attached hydrogen (secondary N) is 1. The van der Waals surface area contributed by atoms with Gasteiger partial charge in [-0.3, -0.25) is 0 Å². The van der Waals surface area contributed by atoms with Gasteiger partial charge in [0.25, 0.3) is 0 Å². The summed E-state index contributed by atoms with van der Waals surface area (Å²) in [7, 11) is 0. The topological polar surface area (TPSA) is 30.5 Å². The molecule has 15 heavy (non-hydrogen) atoms. The first-order chi connectivity index (χ1) is 7.35. The number of fused-ring (bicyclic) bond motifs is 2. The van der Waals surface area contributed by atoms with E-state index >= 15 is 0 Å². The molecule has 2 heterocycles. The van der Waals surface area contributed by atoms with Crippen molar-refractivity contribution >= 4 is 0 Å². The van der Waals surface area contributed by atoms with Crippen LogP contribution in [0.15, 0.2) is 0 Å². The zero-order valence-electron chi connectivity index (χ0n) is 9.45. The molecule has 3 heteroatoms. The monoisotopic (exact) mass is 211 g/mol. The van der Waals surface area contributed by atoms with Gasteiger partial charge >= 0.3 is 0 Å². The van der Waals surface area contributed by atoms with Gasteiger partial charge in [-0.1, -0.05) is 0 Å². The van der Waals surface area contributed by atoms with Crippen LogP contribution in [0.25, 0.3) is 0 Å². The Bertz CT molecular complexity index is 228. The summed E-state index contributed by atoms with van der Waals surface area (Å²) in [6, 6.07) is 1.32. The summed E-state index contributed by atoms with van der Waals surface area (Å²) >= 11 is 0. The Labute approximate surface area is 91.5 Å². The Hall–Kier alpha value is -0.120. The Morgan fingerprint density at radius 2 is 2.13 bits per heavy atom. The maximum atomic E-state index is 5.83. The third kappa shape index (κ3) is 1.93. The number of hydrogen-bond donors (Lipinski definition) is 1. The van der Waals surface area contributed by atoms with E-state index in [-0.39, 0.29) is 0 Å². The summed E-state index contributed by atoms with van der Waals surface area (Å²) in [5, 5.41) is 3.73. The van der Waals surface area contributed by atoms with Crippen molar-refractivity contribution in [1.82, 2.24) is 5.32 Å². The van der Waals surface area contributed by atoms with E-state index in [0.29, 0.717) is 30.4 Å². The molecule has 2 bridgehead atoms. The first-order valence-electron chi connectivity index (χ1n) is 6.38. The summed E-state index contributed by atoms with van der Waals surface area (Å²) < 4.78 is 11.4. The molecular weight excluding hydrogens is 190 g/mol. The highest BCUT2D eigenvalue weighted by atomic mass is 16.5. The molecule has 0 spiro atoms. The van der Waals surface area contributed by atoms with Crippen LogP contribution in [0.3, 0.4) is 0 Å². The fraction of sp³-hybridized carbons (Fsp3) is 1.00. The van der Waals surface area contributed by atoms with Crippen LogP contribution in [0.4, 0.5) is 0 Å². The number of rotatable bonds is 4. The first kappa shape index (κ1) is 10.1. The van der Waals surface area contributed by atoms with E-state index in [2.05, 4.69) is 12.2 Å². The van der Waals surface area contributed by atoms with Gasteiger partial charge in [0.15, 0.2) is 0 Å². The molecule has 1 aliphatic carbocycles. The molecule has 2 aliphatic heterocycles. The molecule has 0 radical (unpaired) electrons. The molecule has 0 amide bonds. The minimum Gasteiger partial charge on any atom is -0.378 e. The van der Waals surface area contributed by atoms with E-state index in [0.717, 1.165) is 6.61 Å². The fourth-order valence-corrected chi connectivity index (χ4v) is 3.19. The van der Waals surface area contributed by atoms with E-state index in [1.54, 1.807) is 0 Å². The summed E-state index contributed by atoms with van der Waals surface area (Å²) in [5.74, 6) is 0. The van der Waals surface area contributed by atoms with Crippen molar-refractivity contribution in [3.63, 3.8) is 0 Å². The normalized spacial score (nSPS) is 48.2. The van der Waals surface area contributed by atoms with Gasteiger partial charge < -0.3 is 14.8 Å². The molecule has 2 saturated heterocycles. The summed E-state index contributed by atoms with van der Waals surface area (Å²) in [6.07, 6.45) is 7.78. The van der Waals surface area contributed by atoms with Gasteiger partial charge in [0.1, 0.15) is 0 Å². The molecule has 0 aromatic rings. The zero-order valence-corrected chi connectivity index (χ0v) is 9.45. The highest BCUT2D eigenvalue weighted by Crippen LogP contribution is 2.36. The van der Waals surface area contributed by atoms with Gasteiger partial charge in [0.2, 0.25) is 0 Å². The standard InChI is InChI=1S/C12H21NO2/c1-2-14-10-5-8(6-10)13-11-7-9-3-4-12(11)15-9/h8-13H,2-7H2,1H3. The van der Waals surface area contributed by atoms with Crippen molar-refractivity contribution in [1.29, 1.82) is 0 Å². The zero-order chi connectivity index (χ0) is 10.3. The van der Waals surface area contributed by atoms with Crippen molar-refractivity contribution < 1.29 is 9.47 Å². The molecular formula is C12H21NO2. The highest BCUT2D eigenvalue weighted by Gasteiger charge is 2.42. The van der Waals surface area contributed by atoms with Crippen LogP contribution in [0.2, 0.25) is 0 Å². The van der Waals surface area contributed by atoms with E-state index in [4.69, 9.17) is 9.47 Å². The molecule has 3 rings (SSSR count). The van der Waals surface area contributed by atoms with Crippen LogP contribution >= 0.6 is 0 Å². The lowest BCUT2D eigenvalue weighted by atomic mass is 9.86. The fourth-order valence-electron chi connectivity index (χ4n) is 3.19. The van der Waals surface area contributed by atoms with Gasteiger partial charge in [-0.2, -0.15) is 0 Å². The second-order valence-electron chi connectivity index (χ2n) is 5.13. The summed E-state index contributed by atoms with van der Waals surface area (Å²) in [5.41, 5.74) is 0. The molecule has 3 fully saturated rings. The third-order valence-electron chi connectivity index (χ3n) is 4.05. The molecule has 3 atom stereocenters. The molecule has 3 nitrogen and oxygen atoms in total. The van der Waals surface area contributed by atoms with Crippen molar-refractivity contribution in [3.05, 3.63) is 0 Å². The quantitative estimate of drug-likeness (QED) is 0.763. The van der Waals surface area contributed by atoms with Crippen molar-refractivity contribution in [2.45, 2.75) is 69.4 Å². The van der Waals surface area contributed by atoms with Crippen LogP contribution in [-0.2, 0) is 9.47 Å². The van der Waals surface area contributed by atoms with Gasteiger partial charge in [0.05, 0.1) is 18.3 Å². The largest absolute Gasteiger partial charge is 0.378 e. The number of ether oxygens (including phenoxy) is 2. The Morgan fingerprint density at radius 3 is 2.73 bits per heavy atom. The van der Waals surface area contributed by atoms with Gasteiger partial charge in [-0.05, 0) is 39.0 Å². The molecule has 86 valence electrons. The van der Waals surface area contributed by atoms with E-state index in [9.17, 15) is 0 Å². The summed E-state index contributed by atoms with van der Waals surface area (Å²) in [6.45, 7) is 2.93. The van der Waals surface area contributed by atoms with Crippen LogP contribution in [0, 0.1) is 0 Å². The Kier molecular flexibility index (Phi) is 2.71. The lowest BCUT2D eigenvalue weighted by Gasteiger charge is -2.38.